The first-order chi connectivity index (χ1) is 9.61. The first kappa shape index (κ1) is 13.2. The summed E-state index contributed by atoms with van der Waals surface area (Å²) >= 11 is 1.27. The molecule has 2 atom stereocenters. The molecule has 6 heteroatoms. The fourth-order valence-corrected chi connectivity index (χ4v) is 2.99. The van der Waals surface area contributed by atoms with Crippen LogP contribution in [0.5, 0.6) is 0 Å². The van der Waals surface area contributed by atoms with Gasteiger partial charge in [-0.05, 0) is 37.7 Å². The quantitative estimate of drug-likeness (QED) is 0.810. The molecule has 1 aliphatic rings. The van der Waals surface area contributed by atoms with Gasteiger partial charge in [0, 0.05) is 12.0 Å². The number of thioether (sulfide) groups is 1. The van der Waals surface area contributed by atoms with Gasteiger partial charge in [0.25, 0.3) is 5.22 Å². The van der Waals surface area contributed by atoms with Crippen molar-refractivity contribution in [2.75, 3.05) is 0 Å². The maximum atomic E-state index is 11.6. The number of aryl methyl sites for hydroxylation is 1. The molecule has 0 bridgehead atoms. The van der Waals surface area contributed by atoms with E-state index in [9.17, 15) is 4.79 Å². The molecule has 3 rings (SSSR count). The van der Waals surface area contributed by atoms with Gasteiger partial charge >= 0.3 is 5.97 Å². The molecule has 0 saturated carbocycles. The molecule has 1 saturated heterocycles. The molecular weight excluding hydrogens is 276 g/mol. The van der Waals surface area contributed by atoms with Crippen LogP contribution in [0.1, 0.15) is 18.9 Å². The number of nitrogens with zero attached hydrogens (tertiary/aromatic N) is 2. The van der Waals surface area contributed by atoms with Crippen LogP contribution >= 0.6 is 11.8 Å². The van der Waals surface area contributed by atoms with Crippen LogP contribution in [0.2, 0.25) is 0 Å². The lowest BCUT2D eigenvalue weighted by Crippen LogP contribution is -2.09. The summed E-state index contributed by atoms with van der Waals surface area (Å²) in [7, 11) is 0. The molecule has 1 aliphatic heterocycles. The normalized spacial score (nSPS) is 22.0. The highest BCUT2D eigenvalue weighted by Gasteiger charge is 2.34. The molecule has 1 fully saturated rings. The van der Waals surface area contributed by atoms with Crippen molar-refractivity contribution in [3.05, 3.63) is 29.8 Å². The monoisotopic (exact) mass is 290 g/mol. The van der Waals surface area contributed by atoms with Gasteiger partial charge in [-0.3, -0.25) is 4.79 Å². The summed E-state index contributed by atoms with van der Waals surface area (Å²) in [6, 6.07) is 7.84. The van der Waals surface area contributed by atoms with Crippen LogP contribution in [-0.2, 0) is 9.53 Å². The topological polar surface area (TPSA) is 65.2 Å². The molecule has 5 nitrogen and oxygen atoms in total. The van der Waals surface area contributed by atoms with Crippen molar-refractivity contribution in [2.45, 2.75) is 36.8 Å². The van der Waals surface area contributed by atoms with E-state index < -0.39 is 0 Å². The number of ether oxygens (including phenoxy) is 1. The maximum Gasteiger partial charge on any atom is 0.320 e. The summed E-state index contributed by atoms with van der Waals surface area (Å²) < 4.78 is 10.7. The molecule has 20 heavy (non-hydrogen) atoms. The molecule has 0 amide bonds. The van der Waals surface area contributed by atoms with Crippen molar-refractivity contribution in [1.82, 2.24) is 10.2 Å². The highest BCUT2D eigenvalue weighted by Crippen LogP contribution is 2.32. The zero-order valence-electron chi connectivity index (χ0n) is 11.2. The molecule has 1 aromatic heterocycles. The van der Waals surface area contributed by atoms with E-state index in [1.807, 2.05) is 38.1 Å². The number of carbonyl (C=O) groups is 1. The van der Waals surface area contributed by atoms with E-state index in [4.69, 9.17) is 9.15 Å². The Balaban J connectivity index is 1.74. The molecule has 0 spiro atoms. The summed E-state index contributed by atoms with van der Waals surface area (Å²) in [4.78, 5) is 11.6. The second-order valence-corrected chi connectivity index (χ2v) is 5.98. The zero-order valence-corrected chi connectivity index (χ0v) is 12.0. The second kappa shape index (κ2) is 5.28. The first-order valence-electron chi connectivity index (χ1n) is 6.39. The van der Waals surface area contributed by atoms with Crippen molar-refractivity contribution in [1.29, 1.82) is 0 Å². The lowest BCUT2D eigenvalue weighted by atomic mass is 10.1. The van der Waals surface area contributed by atoms with Gasteiger partial charge in [0.05, 0.1) is 0 Å². The molecule has 1 aromatic carbocycles. The Morgan fingerprint density at radius 3 is 2.65 bits per heavy atom. The maximum absolute atomic E-state index is 11.6. The molecule has 0 aliphatic carbocycles. The summed E-state index contributed by atoms with van der Waals surface area (Å²) in [5, 5.41) is 8.14. The molecule has 0 radical (unpaired) electrons. The minimum Gasteiger partial charge on any atom is -0.462 e. The largest absolute Gasteiger partial charge is 0.462 e. The van der Waals surface area contributed by atoms with Crippen LogP contribution in [0.15, 0.2) is 33.9 Å². The van der Waals surface area contributed by atoms with Gasteiger partial charge in [0.15, 0.2) is 0 Å². The fraction of sp³-hybridized carbons (Fsp3) is 0.357. The predicted octanol–water partition coefficient (Wildman–Crippen LogP) is 2.84. The number of rotatable bonds is 3. The Morgan fingerprint density at radius 1 is 1.25 bits per heavy atom. The number of hydrogen-bond acceptors (Lipinski definition) is 6. The van der Waals surface area contributed by atoms with Gasteiger partial charge in [-0.15, -0.1) is 10.2 Å². The Kier molecular flexibility index (Phi) is 3.48. The van der Waals surface area contributed by atoms with Crippen LogP contribution in [0.3, 0.4) is 0 Å². The van der Waals surface area contributed by atoms with Gasteiger partial charge in [-0.1, -0.05) is 17.7 Å². The van der Waals surface area contributed by atoms with Gasteiger partial charge in [-0.2, -0.15) is 0 Å². The van der Waals surface area contributed by atoms with Crippen LogP contribution in [0, 0.1) is 6.92 Å². The van der Waals surface area contributed by atoms with Gasteiger partial charge < -0.3 is 9.15 Å². The van der Waals surface area contributed by atoms with E-state index in [0.29, 0.717) is 17.5 Å². The van der Waals surface area contributed by atoms with Crippen molar-refractivity contribution < 1.29 is 13.9 Å². The number of aromatic nitrogens is 2. The van der Waals surface area contributed by atoms with Gasteiger partial charge in [0.1, 0.15) is 11.4 Å². The smallest absolute Gasteiger partial charge is 0.320 e. The Hall–Kier alpha value is -1.82. The van der Waals surface area contributed by atoms with Gasteiger partial charge in [-0.25, -0.2) is 0 Å². The fourth-order valence-electron chi connectivity index (χ4n) is 2.01. The molecule has 2 aromatic rings. The van der Waals surface area contributed by atoms with Crippen molar-refractivity contribution in [2.24, 2.45) is 0 Å². The number of carbonyl (C=O) groups excluding carboxylic acids is 1. The number of hydrogen-bond donors (Lipinski definition) is 0. The lowest BCUT2D eigenvalue weighted by Gasteiger charge is -1.99. The molecule has 0 N–H and O–H groups in total. The van der Waals surface area contributed by atoms with E-state index >= 15 is 0 Å². The van der Waals surface area contributed by atoms with Gasteiger partial charge in [0.2, 0.25) is 5.89 Å². The highest BCUT2D eigenvalue weighted by atomic mass is 32.2. The minimum atomic E-state index is -0.253. The average Bonchev–Trinajstić information content (AvgIpc) is 2.98. The summed E-state index contributed by atoms with van der Waals surface area (Å²) in [6.45, 7) is 3.90. The average molecular weight is 290 g/mol. The summed E-state index contributed by atoms with van der Waals surface area (Å²) in [5.41, 5.74) is 2.04. The third-order valence-corrected chi connectivity index (χ3v) is 4.11. The van der Waals surface area contributed by atoms with E-state index in [-0.39, 0.29) is 17.3 Å². The first-order valence-corrected chi connectivity index (χ1v) is 7.27. The van der Waals surface area contributed by atoms with E-state index in [0.717, 1.165) is 5.56 Å². The van der Waals surface area contributed by atoms with Crippen LogP contribution < -0.4 is 0 Å². The van der Waals surface area contributed by atoms with Crippen molar-refractivity contribution in [3.63, 3.8) is 0 Å². The van der Waals surface area contributed by atoms with Crippen molar-refractivity contribution in [3.8, 4) is 11.5 Å². The molecular formula is C14H14N2O3S. The number of cyclic esters (lactones) is 1. The number of esters is 1. The second-order valence-electron chi connectivity index (χ2n) is 4.83. The molecule has 104 valence electrons. The Bertz CT molecular complexity index is 624. The SMILES string of the molecule is Cc1ccc(-c2nnc(S[C@H]3C[C@H](C)OC3=O)o2)cc1. The lowest BCUT2D eigenvalue weighted by molar-refractivity contribution is -0.140. The van der Waals surface area contributed by atoms with E-state index in [1.54, 1.807) is 0 Å². The summed E-state index contributed by atoms with van der Waals surface area (Å²) in [6.07, 6.45) is 0.630. The molecule has 2 heterocycles. The van der Waals surface area contributed by atoms with Crippen LogP contribution in [0.4, 0.5) is 0 Å². The number of benzene rings is 1. The van der Waals surface area contributed by atoms with Crippen molar-refractivity contribution >= 4 is 17.7 Å². The van der Waals surface area contributed by atoms with Crippen LogP contribution in [0.25, 0.3) is 11.5 Å². The third kappa shape index (κ3) is 2.70. The highest BCUT2D eigenvalue weighted by molar-refractivity contribution is 8.00. The zero-order chi connectivity index (χ0) is 14.1. The summed E-state index contributed by atoms with van der Waals surface area (Å²) in [5.74, 6) is 0.254. The van der Waals surface area contributed by atoms with E-state index in [1.165, 1.54) is 17.3 Å². The van der Waals surface area contributed by atoms with Crippen LogP contribution in [-0.4, -0.2) is 27.5 Å². The Morgan fingerprint density at radius 2 is 2.00 bits per heavy atom. The Labute approximate surface area is 120 Å². The molecule has 0 unspecified atom stereocenters. The standard InChI is InChI=1S/C14H14N2O3S/c1-8-3-5-10(6-4-8)12-15-16-14(19-12)20-11-7-9(2)18-13(11)17/h3-6,9,11H,7H2,1-2H3/t9-,11-/m0/s1. The minimum absolute atomic E-state index is 0.0421. The predicted molar refractivity (Wildman–Crippen MR) is 74.3 cm³/mol. The third-order valence-electron chi connectivity index (χ3n) is 3.07. The van der Waals surface area contributed by atoms with E-state index in [2.05, 4.69) is 10.2 Å².